The molecule has 1 heterocycles. The Morgan fingerprint density at radius 1 is 1.42 bits per heavy atom. The van der Waals surface area contributed by atoms with Crippen molar-refractivity contribution in [1.29, 1.82) is 0 Å². The fourth-order valence-corrected chi connectivity index (χ4v) is 1.70. The summed E-state index contributed by atoms with van der Waals surface area (Å²) in [6, 6.07) is 4.13. The van der Waals surface area contributed by atoms with Crippen LogP contribution in [0.5, 0.6) is 0 Å². The number of unbranched alkanes of at least 4 members (excludes halogenated alkanes) is 1. The van der Waals surface area contributed by atoms with Crippen molar-refractivity contribution in [3.63, 3.8) is 0 Å². The summed E-state index contributed by atoms with van der Waals surface area (Å²) in [6.45, 7) is 1.57. The molecule has 1 rings (SSSR count). The Hall–Kier alpha value is -0.0500. The molecule has 0 atom stereocenters. The molecule has 0 radical (unpaired) electrons. The minimum absolute atomic E-state index is 0.738. The molecule has 0 N–H and O–H groups in total. The van der Waals surface area contributed by atoms with E-state index in [2.05, 4.69) is 11.4 Å². The number of ether oxygens (including phenoxy) is 1. The first-order valence-electron chi connectivity index (χ1n) is 4.09. The van der Waals surface area contributed by atoms with Crippen molar-refractivity contribution in [2.24, 2.45) is 0 Å². The summed E-state index contributed by atoms with van der Waals surface area (Å²) in [5.41, 5.74) is 0. The van der Waals surface area contributed by atoms with Crippen LogP contribution in [-0.2, 0) is 11.3 Å². The van der Waals surface area contributed by atoms with Crippen LogP contribution in [0.2, 0.25) is 0 Å². The van der Waals surface area contributed by atoms with Crippen LogP contribution in [0.3, 0.4) is 0 Å². The van der Waals surface area contributed by atoms with Gasteiger partial charge in [0, 0.05) is 17.4 Å². The lowest BCUT2D eigenvalue weighted by Crippen LogP contribution is -1.93. The van der Waals surface area contributed by atoms with Crippen LogP contribution in [0.15, 0.2) is 17.5 Å². The highest BCUT2D eigenvalue weighted by Gasteiger charge is 1.92. The van der Waals surface area contributed by atoms with Gasteiger partial charge in [0.15, 0.2) is 0 Å². The Morgan fingerprint density at radius 2 is 2.33 bits per heavy atom. The van der Waals surface area contributed by atoms with Crippen molar-refractivity contribution in [2.75, 3.05) is 12.5 Å². The van der Waals surface area contributed by atoms with Crippen molar-refractivity contribution >= 4 is 22.9 Å². The van der Waals surface area contributed by atoms with E-state index in [1.165, 1.54) is 4.88 Å². The molecule has 0 amide bonds. The van der Waals surface area contributed by atoms with Crippen LogP contribution < -0.4 is 0 Å². The summed E-state index contributed by atoms with van der Waals surface area (Å²) in [5.74, 6) is 0.738. The quantitative estimate of drug-likeness (QED) is 0.511. The van der Waals surface area contributed by atoms with E-state index in [1.807, 2.05) is 6.07 Å². The first kappa shape index (κ1) is 10.0. The molecule has 0 spiro atoms. The van der Waals surface area contributed by atoms with E-state index >= 15 is 0 Å². The molecule has 0 saturated carbocycles. The molecule has 0 fully saturated rings. The van der Waals surface area contributed by atoms with E-state index in [0.29, 0.717) is 0 Å². The number of thiophene rings is 1. The van der Waals surface area contributed by atoms with E-state index in [9.17, 15) is 0 Å². The third-order valence-corrected chi connectivity index (χ3v) is 2.61. The predicted molar refractivity (Wildman–Crippen MR) is 53.9 cm³/mol. The second kappa shape index (κ2) is 6.46. The van der Waals surface area contributed by atoms with E-state index in [-0.39, 0.29) is 0 Å². The van der Waals surface area contributed by atoms with Crippen LogP contribution in [0.1, 0.15) is 17.7 Å². The van der Waals surface area contributed by atoms with Gasteiger partial charge in [0.05, 0.1) is 6.61 Å². The van der Waals surface area contributed by atoms with Crippen LogP contribution in [-0.4, -0.2) is 12.5 Å². The zero-order valence-corrected chi connectivity index (χ0v) is 8.53. The Kier molecular flexibility index (Phi) is 5.41. The van der Waals surface area contributed by atoms with Gasteiger partial charge in [-0.25, -0.2) is 0 Å². The van der Waals surface area contributed by atoms with Crippen LogP contribution >= 0.6 is 22.9 Å². The Labute approximate surface area is 82.3 Å². The average molecular weight is 205 g/mol. The monoisotopic (exact) mass is 204 g/mol. The molecule has 68 valence electrons. The lowest BCUT2D eigenvalue weighted by molar-refractivity contribution is 0.120. The SMILES string of the molecule is ClCCCCOCc1cccs1. The molecule has 0 bridgehead atoms. The van der Waals surface area contributed by atoms with Gasteiger partial charge in [-0.2, -0.15) is 0 Å². The van der Waals surface area contributed by atoms with Crippen LogP contribution in [0.25, 0.3) is 0 Å². The minimum Gasteiger partial charge on any atom is -0.376 e. The highest BCUT2D eigenvalue weighted by molar-refractivity contribution is 7.09. The number of hydrogen-bond donors (Lipinski definition) is 0. The predicted octanol–water partition coefficient (Wildman–Crippen LogP) is 3.28. The zero-order chi connectivity index (χ0) is 8.65. The largest absolute Gasteiger partial charge is 0.376 e. The highest BCUT2D eigenvalue weighted by atomic mass is 35.5. The molecule has 3 heteroatoms. The summed E-state index contributed by atoms with van der Waals surface area (Å²) in [7, 11) is 0. The first-order chi connectivity index (χ1) is 5.93. The van der Waals surface area contributed by atoms with Gasteiger partial charge in [0.25, 0.3) is 0 Å². The topological polar surface area (TPSA) is 9.23 Å². The third-order valence-electron chi connectivity index (χ3n) is 1.50. The molecule has 12 heavy (non-hydrogen) atoms. The number of hydrogen-bond acceptors (Lipinski definition) is 2. The van der Waals surface area contributed by atoms with E-state index in [1.54, 1.807) is 11.3 Å². The molecule has 0 aromatic carbocycles. The fourth-order valence-electron chi connectivity index (χ4n) is 0.866. The maximum Gasteiger partial charge on any atom is 0.0809 e. The standard InChI is InChI=1S/C9H13ClOS/c10-5-1-2-6-11-8-9-4-3-7-12-9/h3-4,7H,1-2,5-6,8H2. The minimum atomic E-state index is 0.738. The summed E-state index contributed by atoms with van der Waals surface area (Å²) in [6.07, 6.45) is 2.11. The smallest absolute Gasteiger partial charge is 0.0809 e. The molecule has 1 aromatic rings. The van der Waals surface area contributed by atoms with Gasteiger partial charge in [-0.05, 0) is 24.3 Å². The fraction of sp³-hybridized carbons (Fsp3) is 0.556. The Balaban J connectivity index is 1.96. The van der Waals surface area contributed by atoms with Gasteiger partial charge in [-0.1, -0.05) is 6.07 Å². The van der Waals surface area contributed by atoms with Gasteiger partial charge >= 0.3 is 0 Å². The average Bonchev–Trinajstić information content (AvgIpc) is 2.57. The number of rotatable bonds is 6. The van der Waals surface area contributed by atoms with Crippen molar-refractivity contribution < 1.29 is 4.74 Å². The normalized spacial score (nSPS) is 10.4. The second-order valence-electron chi connectivity index (χ2n) is 2.53. The number of halogens is 1. The van der Waals surface area contributed by atoms with Crippen LogP contribution in [0.4, 0.5) is 0 Å². The van der Waals surface area contributed by atoms with Gasteiger partial charge < -0.3 is 4.74 Å². The molecule has 1 aromatic heterocycles. The third kappa shape index (κ3) is 4.10. The maximum atomic E-state index is 5.53. The molecule has 0 unspecified atom stereocenters. The second-order valence-corrected chi connectivity index (χ2v) is 3.94. The molecule has 0 aliphatic heterocycles. The van der Waals surface area contributed by atoms with Gasteiger partial charge in [0.2, 0.25) is 0 Å². The van der Waals surface area contributed by atoms with Gasteiger partial charge in [0.1, 0.15) is 0 Å². The molecular weight excluding hydrogens is 192 g/mol. The molecule has 0 saturated heterocycles. The van der Waals surface area contributed by atoms with Crippen molar-refractivity contribution in [3.8, 4) is 0 Å². The first-order valence-corrected chi connectivity index (χ1v) is 5.51. The van der Waals surface area contributed by atoms with Gasteiger partial charge in [-0.3, -0.25) is 0 Å². The molecule has 0 aliphatic rings. The van der Waals surface area contributed by atoms with Crippen molar-refractivity contribution in [1.82, 2.24) is 0 Å². The Bertz CT molecular complexity index is 186. The molecule has 1 nitrogen and oxygen atoms in total. The molecular formula is C9H13ClOS. The van der Waals surface area contributed by atoms with E-state index in [4.69, 9.17) is 16.3 Å². The maximum absolute atomic E-state index is 5.53. The van der Waals surface area contributed by atoms with E-state index < -0.39 is 0 Å². The van der Waals surface area contributed by atoms with Crippen molar-refractivity contribution in [3.05, 3.63) is 22.4 Å². The zero-order valence-electron chi connectivity index (χ0n) is 6.96. The lowest BCUT2D eigenvalue weighted by atomic mass is 10.4. The van der Waals surface area contributed by atoms with Gasteiger partial charge in [-0.15, -0.1) is 22.9 Å². The summed E-state index contributed by atoms with van der Waals surface area (Å²) < 4.78 is 5.43. The van der Waals surface area contributed by atoms with E-state index in [0.717, 1.165) is 31.9 Å². The Morgan fingerprint density at radius 3 is 3.00 bits per heavy atom. The highest BCUT2D eigenvalue weighted by Crippen LogP contribution is 2.09. The molecule has 0 aliphatic carbocycles. The number of alkyl halides is 1. The van der Waals surface area contributed by atoms with Crippen molar-refractivity contribution in [2.45, 2.75) is 19.4 Å². The lowest BCUT2D eigenvalue weighted by Gasteiger charge is -2.00. The summed E-state index contributed by atoms with van der Waals surface area (Å²) in [5, 5.41) is 2.07. The summed E-state index contributed by atoms with van der Waals surface area (Å²) >= 11 is 7.26. The summed E-state index contributed by atoms with van der Waals surface area (Å²) in [4.78, 5) is 1.29. The van der Waals surface area contributed by atoms with Crippen LogP contribution in [0, 0.1) is 0 Å².